The van der Waals surface area contributed by atoms with Crippen LogP contribution in [0.2, 0.25) is 0 Å². The predicted octanol–water partition coefficient (Wildman–Crippen LogP) is 4.87. The first-order valence-corrected chi connectivity index (χ1v) is 9.43. The molecule has 0 radical (unpaired) electrons. The number of aryl methyl sites for hydroxylation is 1. The third-order valence-electron chi connectivity index (χ3n) is 4.64. The zero-order valence-electron chi connectivity index (χ0n) is 16.4. The highest BCUT2D eigenvalue weighted by Gasteiger charge is 2.14. The zero-order valence-corrected chi connectivity index (χ0v) is 16.4. The molecule has 1 amide bonds. The van der Waals surface area contributed by atoms with Crippen LogP contribution in [0.15, 0.2) is 63.8 Å². The van der Waals surface area contributed by atoms with E-state index < -0.39 is 11.5 Å². The van der Waals surface area contributed by atoms with Crippen LogP contribution in [0.5, 0.6) is 0 Å². The molecular formula is C23H21N3O3. The van der Waals surface area contributed by atoms with E-state index in [4.69, 9.17) is 4.42 Å². The maximum absolute atomic E-state index is 12.6. The number of aromatic amines is 1. The Kier molecular flexibility index (Phi) is 4.76. The largest absolute Gasteiger partial charge is 0.440 e. The molecule has 146 valence electrons. The van der Waals surface area contributed by atoms with E-state index in [0.717, 1.165) is 11.1 Å². The number of hydrogen-bond acceptors (Lipinski definition) is 4. The third kappa shape index (κ3) is 3.82. The van der Waals surface area contributed by atoms with Crippen LogP contribution in [0, 0.1) is 6.92 Å². The van der Waals surface area contributed by atoms with Crippen molar-refractivity contribution >= 4 is 22.7 Å². The molecule has 2 N–H and O–H groups in total. The normalized spacial score (nSPS) is 11.2. The first-order chi connectivity index (χ1) is 13.9. The SMILES string of the molecule is Cc1cccc(-c2ccc(C(=O)Nc3ccc4oc(C(C)C)nc4c3)c(=O)[nH]2)c1. The molecule has 0 bridgehead atoms. The minimum absolute atomic E-state index is 0.0459. The van der Waals surface area contributed by atoms with E-state index in [-0.39, 0.29) is 11.5 Å². The number of carbonyl (C=O) groups excluding carboxylic acids is 1. The number of aromatic nitrogens is 2. The van der Waals surface area contributed by atoms with E-state index in [9.17, 15) is 9.59 Å². The maximum atomic E-state index is 12.6. The summed E-state index contributed by atoms with van der Waals surface area (Å²) in [7, 11) is 0. The van der Waals surface area contributed by atoms with E-state index in [0.29, 0.717) is 28.4 Å². The van der Waals surface area contributed by atoms with Crippen LogP contribution in [0.1, 0.15) is 41.6 Å². The Morgan fingerprint density at radius 2 is 1.93 bits per heavy atom. The first-order valence-electron chi connectivity index (χ1n) is 9.43. The van der Waals surface area contributed by atoms with Gasteiger partial charge in [-0.3, -0.25) is 9.59 Å². The monoisotopic (exact) mass is 387 g/mol. The van der Waals surface area contributed by atoms with Crippen LogP contribution in [-0.4, -0.2) is 15.9 Å². The van der Waals surface area contributed by atoms with Gasteiger partial charge in [-0.2, -0.15) is 0 Å². The van der Waals surface area contributed by atoms with Gasteiger partial charge < -0.3 is 14.7 Å². The summed E-state index contributed by atoms with van der Waals surface area (Å²) in [5.74, 6) is 0.339. The molecule has 2 aromatic carbocycles. The summed E-state index contributed by atoms with van der Waals surface area (Å²) in [4.78, 5) is 32.3. The Morgan fingerprint density at radius 1 is 1.10 bits per heavy atom. The molecule has 6 nitrogen and oxygen atoms in total. The predicted molar refractivity (Wildman–Crippen MR) is 113 cm³/mol. The molecular weight excluding hydrogens is 366 g/mol. The minimum Gasteiger partial charge on any atom is -0.440 e. The molecule has 0 saturated carbocycles. The molecule has 4 rings (SSSR count). The van der Waals surface area contributed by atoms with Gasteiger partial charge in [0.05, 0.1) is 0 Å². The fourth-order valence-electron chi connectivity index (χ4n) is 3.10. The van der Waals surface area contributed by atoms with Crippen molar-refractivity contribution in [3.63, 3.8) is 0 Å². The molecule has 0 fully saturated rings. The van der Waals surface area contributed by atoms with E-state index in [2.05, 4.69) is 15.3 Å². The summed E-state index contributed by atoms with van der Waals surface area (Å²) in [5.41, 5.74) is 4.13. The lowest BCUT2D eigenvalue weighted by Crippen LogP contribution is -2.23. The number of nitrogens with one attached hydrogen (secondary N) is 2. The van der Waals surface area contributed by atoms with Crippen LogP contribution in [0.4, 0.5) is 5.69 Å². The highest BCUT2D eigenvalue weighted by atomic mass is 16.3. The van der Waals surface area contributed by atoms with Gasteiger partial charge in [0.15, 0.2) is 11.5 Å². The van der Waals surface area contributed by atoms with Crippen LogP contribution >= 0.6 is 0 Å². The van der Waals surface area contributed by atoms with Crippen LogP contribution in [0.3, 0.4) is 0 Å². The number of nitrogens with zero attached hydrogens (tertiary/aromatic N) is 1. The number of hydrogen-bond donors (Lipinski definition) is 2. The van der Waals surface area contributed by atoms with Gasteiger partial charge in [0.1, 0.15) is 11.1 Å². The van der Waals surface area contributed by atoms with Crippen molar-refractivity contribution in [1.29, 1.82) is 0 Å². The van der Waals surface area contributed by atoms with Gasteiger partial charge in [0.2, 0.25) is 0 Å². The number of pyridine rings is 1. The molecule has 0 saturated heterocycles. The fraction of sp³-hybridized carbons (Fsp3) is 0.174. The molecule has 0 aliphatic rings. The van der Waals surface area contributed by atoms with Crippen LogP contribution in [0.25, 0.3) is 22.4 Å². The van der Waals surface area contributed by atoms with Crippen molar-refractivity contribution in [2.24, 2.45) is 0 Å². The fourth-order valence-corrected chi connectivity index (χ4v) is 3.10. The van der Waals surface area contributed by atoms with Crippen molar-refractivity contribution < 1.29 is 9.21 Å². The van der Waals surface area contributed by atoms with Crippen molar-refractivity contribution in [1.82, 2.24) is 9.97 Å². The number of carbonyl (C=O) groups is 1. The second-order valence-corrected chi connectivity index (χ2v) is 7.33. The topological polar surface area (TPSA) is 88.0 Å². The molecule has 0 unspecified atom stereocenters. The lowest BCUT2D eigenvalue weighted by Gasteiger charge is -2.07. The van der Waals surface area contributed by atoms with Gasteiger partial charge in [0.25, 0.3) is 11.5 Å². The van der Waals surface area contributed by atoms with Crippen LogP contribution < -0.4 is 10.9 Å². The Labute approximate surface area is 167 Å². The molecule has 2 heterocycles. The van der Waals surface area contributed by atoms with E-state index in [1.54, 1.807) is 24.3 Å². The van der Waals surface area contributed by atoms with Crippen molar-refractivity contribution in [3.05, 3.63) is 82.0 Å². The van der Waals surface area contributed by atoms with Gasteiger partial charge in [-0.05, 0) is 48.9 Å². The summed E-state index contributed by atoms with van der Waals surface area (Å²) >= 11 is 0. The Hall–Kier alpha value is -3.67. The Morgan fingerprint density at radius 3 is 2.66 bits per heavy atom. The lowest BCUT2D eigenvalue weighted by molar-refractivity contribution is 0.102. The number of benzene rings is 2. The summed E-state index contributed by atoms with van der Waals surface area (Å²) in [6.07, 6.45) is 0. The molecule has 4 aromatic rings. The molecule has 29 heavy (non-hydrogen) atoms. The van der Waals surface area contributed by atoms with Gasteiger partial charge in [-0.15, -0.1) is 0 Å². The average Bonchev–Trinajstić information content (AvgIpc) is 3.11. The van der Waals surface area contributed by atoms with Gasteiger partial charge in [-0.1, -0.05) is 37.6 Å². The second-order valence-electron chi connectivity index (χ2n) is 7.33. The zero-order chi connectivity index (χ0) is 20.5. The smallest absolute Gasteiger partial charge is 0.261 e. The summed E-state index contributed by atoms with van der Waals surface area (Å²) in [6.45, 7) is 5.99. The van der Waals surface area contributed by atoms with Crippen molar-refractivity contribution in [2.45, 2.75) is 26.7 Å². The average molecular weight is 387 g/mol. The van der Waals surface area contributed by atoms with E-state index in [1.807, 2.05) is 45.0 Å². The first kappa shape index (κ1) is 18.7. The number of rotatable bonds is 4. The third-order valence-corrected chi connectivity index (χ3v) is 4.64. The van der Waals surface area contributed by atoms with Crippen molar-refractivity contribution in [3.8, 4) is 11.3 Å². The molecule has 0 spiro atoms. The van der Waals surface area contributed by atoms with Gasteiger partial charge in [0, 0.05) is 17.3 Å². The van der Waals surface area contributed by atoms with Crippen LogP contribution in [-0.2, 0) is 0 Å². The molecule has 6 heteroatoms. The summed E-state index contributed by atoms with van der Waals surface area (Å²) < 4.78 is 5.68. The second kappa shape index (κ2) is 7.39. The van der Waals surface area contributed by atoms with Crippen molar-refractivity contribution in [2.75, 3.05) is 5.32 Å². The lowest BCUT2D eigenvalue weighted by atomic mass is 10.1. The molecule has 0 aliphatic carbocycles. The number of amides is 1. The summed E-state index contributed by atoms with van der Waals surface area (Å²) in [5, 5.41) is 2.76. The number of fused-ring (bicyclic) bond motifs is 1. The number of oxazole rings is 1. The van der Waals surface area contributed by atoms with Gasteiger partial charge in [-0.25, -0.2) is 4.98 Å². The van der Waals surface area contributed by atoms with Gasteiger partial charge >= 0.3 is 0 Å². The summed E-state index contributed by atoms with van der Waals surface area (Å²) in [6, 6.07) is 16.3. The van der Waals surface area contributed by atoms with E-state index in [1.165, 1.54) is 6.07 Å². The highest BCUT2D eigenvalue weighted by molar-refractivity contribution is 6.04. The Balaban J connectivity index is 1.58. The minimum atomic E-state index is -0.478. The number of H-pyrrole nitrogens is 1. The standard InChI is InChI=1S/C23H21N3O3/c1-13(2)23-26-19-12-16(7-10-20(19)29-23)24-21(27)17-8-9-18(25-22(17)28)15-6-4-5-14(3)11-15/h4-13H,1-3H3,(H,24,27)(H,25,28). The van der Waals surface area contributed by atoms with E-state index >= 15 is 0 Å². The maximum Gasteiger partial charge on any atom is 0.261 e. The molecule has 0 aliphatic heterocycles. The highest BCUT2D eigenvalue weighted by Crippen LogP contribution is 2.24. The quantitative estimate of drug-likeness (QED) is 0.523. The Bertz CT molecular complexity index is 1270. The molecule has 0 atom stereocenters. The number of anilines is 1. The molecule has 2 aromatic heterocycles.